The fourth-order valence-corrected chi connectivity index (χ4v) is 4.36. The molecule has 0 fully saturated rings. The summed E-state index contributed by atoms with van der Waals surface area (Å²) >= 11 is 7.85. The predicted octanol–water partition coefficient (Wildman–Crippen LogP) is 8.58. The number of alkyl halides is 1. The maximum atomic E-state index is 9.75. The fraction of sp³-hybridized carbons (Fsp3) is 0.480. The Morgan fingerprint density at radius 2 is 1.27 bits per heavy atom. The van der Waals surface area contributed by atoms with Crippen molar-refractivity contribution in [1.29, 1.82) is 0 Å². The van der Waals surface area contributed by atoms with Gasteiger partial charge in [-0.2, -0.15) is 0 Å². The van der Waals surface area contributed by atoms with Crippen LogP contribution in [0.4, 0.5) is 17.3 Å². The fourth-order valence-electron chi connectivity index (χ4n) is 2.92. The highest BCUT2D eigenvalue weighted by Crippen LogP contribution is 2.48. The van der Waals surface area contributed by atoms with Gasteiger partial charge in [0.15, 0.2) is 12.3 Å². The van der Waals surface area contributed by atoms with Gasteiger partial charge in [0.25, 0.3) is 0 Å². The smallest absolute Gasteiger partial charge is 0.418 e. The minimum absolute atomic E-state index is 0.155. The lowest BCUT2D eigenvalue weighted by Crippen LogP contribution is -2.21. The second-order valence-corrected chi connectivity index (χ2v) is 11.3. The molecule has 0 bridgehead atoms. The molecule has 0 unspecified atom stereocenters. The number of thioether (sulfide) groups is 1. The van der Waals surface area contributed by atoms with Crippen LogP contribution in [0.2, 0.25) is 0 Å². The highest BCUT2D eigenvalue weighted by atomic mass is 35.5. The molecule has 0 saturated carbocycles. The number of allylic oxidation sites excluding steroid dienone is 12. The molecule has 2 rings (SSSR count). The van der Waals surface area contributed by atoms with Gasteiger partial charge in [0.05, 0.1) is 5.88 Å². The van der Waals surface area contributed by atoms with E-state index >= 15 is 0 Å². The van der Waals surface area contributed by atoms with E-state index in [1.54, 1.807) is 0 Å². The van der Waals surface area contributed by atoms with E-state index in [4.69, 9.17) is 11.6 Å². The average Bonchev–Trinajstić information content (AvgIpc) is 2.68. The number of hydrogen-bond donors (Lipinski definition) is 0. The molecule has 0 radical (unpaired) electrons. The molecule has 0 aromatic rings. The Balaban J connectivity index is 0.000000981. The molecule has 0 N–H and O–H groups in total. The largest absolute Gasteiger partial charge is 0.673 e. The second kappa shape index (κ2) is 12.3. The molecule has 184 valence electrons. The number of nitrogens with zero attached hydrogens (tertiary/aromatic N) is 1. The van der Waals surface area contributed by atoms with E-state index in [0.717, 1.165) is 13.1 Å². The van der Waals surface area contributed by atoms with Crippen LogP contribution in [-0.4, -0.2) is 36.5 Å². The van der Waals surface area contributed by atoms with Crippen LogP contribution in [-0.2, 0) is 0 Å². The SMILES string of the molecule is CC[N+](CCCl)=C1C=CC(=CC=C2C=C(C(C)(C)C)SC(C(C)(C)C)=C2)C=C1.F[B-](F)(F)F. The van der Waals surface area contributed by atoms with E-state index in [9.17, 15) is 17.3 Å². The average molecular weight is 504 g/mol. The lowest BCUT2D eigenvalue weighted by molar-refractivity contribution is -0.518. The van der Waals surface area contributed by atoms with Gasteiger partial charge in [-0.15, -0.1) is 11.6 Å². The summed E-state index contributed by atoms with van der Waals surface area (Å²) in [5.74, 6) is 0.650. The first-order chi connectivity index (χ1) is 15.0. The van der Waals surface area contributed by atoms with Crippen LogP contribution >= 0.6 is 23.4 Å². The van der Waals surface area contributed by atoms with Crippen LogP contribution in [0, 0.1) is 10.8 Å². The third-order valence-corrected chi connectivity index (χ3v) is 6.83. The van der Waals surface area contributed by atoms with Gasteiger partial charge in [-0.05, 0) is 63.0 Å². The van der Waals surface area contributed by atoms with Crippen molar-refractivity contribution >= 4 is 36.3 Å². The molecule has 0 amide bonds. The van der Waals surface area contributed by atoms with E-state index in [2.05, 4.69) is 102 Å². The minimum Gasteiger partial charge on any atom is -0.418 e. The zero-order valence-electron chi connectivity index (χ0n) is 20.6. The lowest BCUT2D eigenvalue weighted by Gasteiger charge is -2.31. The van der Waals surface area contributed by atoms with E-state index in [1.165, 1.54) is 26.7 Å². The van der Waals surface area contributed by atoms with E-state index in [1.807, 2.05) is 11.8 Å². The van der Waals surface area contributed by atoms with Crippen LogP contribution in [0.25, 0.3) is 0 Å². The molecule has 2 aliphatic rings. The van der Waals surface area contributed by atoms with Gasteiger partial charge < -0.3 is 17.3 Å². The normalized spacial score (nSPS) is 16.7. The van der Waals surface area contributed by atoms with Gasteiger partial charge in [-0.3, -0.25) is 0 Å². The van der Waals surface area contributed by atoms with Crippen LogP contribution in [0.1, 0.15) is 48.5 Å². The first-order valence-corrected chi connectivity index (χ1v) is 12.3. The van der Waals surface area contributed by atoms with Crippen molar-refractivity contribution < 1.29 is 21.8 Å². The Hall–Kier alpha value is -1.47. The highest BCUT2D eigenvalue weighted by molar-refractivity contribution is 8.06. The summed E-state index contributed by atoms with van der Waals surface area (Å²) in [6.45, 7) is 17.7. The number of hydrogen-bond acceptors (Lipinski definition) is 1. The Labute approximate surface area is 205 Å². The van der Waals surface area contributed by atoms with Gasteiger partial charge in [0, 0.05) is 12.2 Å². The molecule has 0 aromatic heterocycles. The third-order valence-electron chi connectivity index (χ3n) is 4.76. The molecule has 8 heteroatoms. The van der Waals surface area contributed by atoms with Crippen molar-refractivity contribution in [3.05, 3.63) is 69.6 Å². The molecule has 0 spiro atoms. The van der Waals surface area contributed by atoms with Crippen LogP contribution in [0.3, 0.4) is 0 Å². The maximum Gasteiger partial charge on any atom is 0.673 e. The van der Waals surface area contributed by atoms with Crippen molar-refractivity contribution in [3.63, 3.8) is 0 Å². The third kappa shape index (κ3) is 11.5. The van der Waals surface area contributed by atoms with Gasteiger partial charge in [-0.1, -0.05) is 65.5 Å². The molecule has 0 atom stereocenters. The van der Waals surface area contributed by atoms with E-state index < -0.39 is 7.25 Å². The first kappa shape index (κ1) is 29.6. The van der Waals surface area contributed by atoms with E-state index in [0.29, 0.717) is 5.88 Å². The van der Waals surface area contributed by atoms with Crippen molar-refractivity contribution in [2.24, 2.45) is 10.8 Å². The zero-order valence-corrected chi connectivity index (χ0v) is 22.1. The Morgan fingerprint density at radius 1 is 0.848 bits per heavy atom. The Morgan fingerprint density at radius 3 is 1.64 bits per heavy atom. The standard InChI is InChI=1S/C25H35ClNS.BF4/c1-8-27(16-15-26)21-13-11-19(12-14-21)9-10-20-17-22(24(2,3)4)28-23(18-20)25(5,6)7;2-1(3,4)5/h9-14,17-18H,8,15-16H2,1-7H3;/q+1;-1. The molecule has 1 heterocycles. The zero-order chi connectivity index (χ0) is 25.4. The Bertz CT molecular complexity index is 852. The second-order valence-electron chi connectivity index (χ2n) is 9.81. The quantitative estimate of drug-likeness (QED) is 0.161. The summed E-state index contributed by atoms with van der Waals surface area (Å²) in [7, 11) is -6.00. The summed E-state index contributed by atoms with van der Waals surface area (Å²) in [5.41, 5.74) is 4.03. The maximum absolute atomic E-state index is 9.75. The monoisotopic (exact) mass is 503 g/mol. The summed E-state index contributed by atoms with van der Waals surface area (Å²) in [4.78, 5) is 2.85. The van der Waals surface area contributed by atoms with Gasteiger partial charge >= 0.3 is 7.25 Å². The molecule has 1 aliphatic carbocycles. The van der Waals surface area contributed by atoms with Gasteiger partial charge in [0.2, 0.25) is 0 Å². The molecule has 0 aromatic carbocycles. The summed E-state index contributed by atoms with van der Waals surface area (Å²) < 4.78 is 41.3. The van der Waals surface area contributed by atoms with Crippen molar-refractivity contribution in [2.45, 2.75) is 48.5 Å². The molecule has 0 saturated heterocycles. The predicted molar refractivity (Wildman–Crippen MR) is 139 cm³/mol. The van der Waals surface area contributed by atoms with Crippen molar-refractivity contribution in [1.82, 2.24) is 0 Å². The van der Waals surface area contributed by atoms with Crippen LogP contribution < -0.4 is 0 Å². The van der Waals surface area contributed by atoms with Crippen molar-refractivity contribution in [3.8, 4) is 0 Å². The van der Waals surface area contributed by atoms with Crippen LogP contribution in [0.15, 0.2) is 69.6 Å². The molecular weight excluding hydrogens is 469 g/mol. The summed E-state index contributed by atoms with van der Waals surface area (Å²) in [6, 6.07) is 0. The highest BCUT2D eigenvalue weighted by Gasteiger charge is 2.27. The number of halogens is 5. The molecular formula is C25H35BClF4NS. The van der Waals surface area contributed by atoms with Gasteiger partial charge in [0.1, 0.15) is 6.54 Å². The van der Waals surface area contributed by atoms with Gasteiger partial charge in [-0.25, -0.2) is 4.58 Å². The summed E-state index contributed by atoms with van der Waals surface area (Å²) in [5, 5.41) is 0. The van der Waals surface area contributed by atoms with Crippen LogP contribution in [0.5, 0.6) is 0 Å². The molecule has 1 nitrogen and oxygen atoms in total. The topological polar surface area (TPSA) is 3.01 Å². The van der Waals surface area contributed by atoms with Crippen molar-refractivity contribution in [2.75, 3.05) is 19.0 Å². The summed E-state index contributed by atoms with van der Waals surface area (Å²) in [6.07, 6.45) is 17.9. The molecule has 1 aliphatic heterocycles. The van der Waals surface area contributed by atoms with E-state index in [-0.39, 0.29) is 10.8 Å². The molecule has 33 heavy (non-hydrogen) atoms. The Kier molecular flexibility index (Phi) is 11.0. The number of rotatable bonds is 4. The minimum atomic E-state index is -6.00. The first-order valence-electron chi connectivity index (χ1n) is 11.0. The lowest BCUT2D eigenvalue weighted by atomic mass is 9.91.